The number of hydrazine groups is 1. The van der Waals surface area contributed by atoms with Crippen LogP contribution < -0.4 is 11.2 Å². The fraction of sp³-hybridized carbons (Fsp3) is 0.412. The predicted molar refractivity (Wildman–Crippen MR) is 88.0 cm³/mol. The lowest BCUT2D eigenvalue weighted by Gasteiger charge is -2.26. The highest BCUT2D eigenvalue weighted by molar-refractivity contribution is 5.84. The van der Waals surface area contributed by atoms with E-state index in [0.717, 1.165) is 10.6 Å². The first kappa shape index (κ1) is 18.5. The quantitative estimate of drug-likeness (QED) is 0.283. The van der Waals surface area contributed by atoms with Crippen LogP contribution in [0.4, 0.5) is 4.79 Å². The molecule has 0 spiro atoms. The number of nitrogens with zero attached hydrogens (tertiary/aromatic N) is 1. The second-order valence-corrected chi connectivity index (χ2v) is 6.06. The van der Waals surface area contributed by atoms with E-state index in [1.54, 1.807) is 20.8 Å². The average Bonchev–Trinajstić information content (AvgIpc) is 2.46. The summed E-state index contributed by atoms with van der Waals surface area (Å²) in [6.45, 7) is 5.23. The maximum absolute atomic E-state index is 12.3. The van der Waals surface area contributed by atoms with Gasteiger partial charge < -0.3 is 10.1 Å². The van der Waals surface area contributed by atoms with Crippen LogP contribution in [0.5, 0.6) is 0 Å². The van der Waals surface area contributed by atoms with Crippen LogP contribution in [0, 0.1) is 12.3 Å². The Hall–Kier alpha value is -2.52. The van der Waals surface area contributed by atoms with E-state index in [9.17, 15) is 9.59 Å². The molecule has 0 saturated carbocycles. The van der Waals surface area contributed by atoms with E-state index >= 15 is 0 Å². The first-order valence-electron chi connectivity index (χ1n) is 7.26. The van der Waals surface area contributed by atoms with Crippen molar-refractivity contribution in [3.05, 3.63) is 35.9 Å². The van der Waals surface area contributed by atoms with Crippen molar-refractivity contribution in [3.8, 4) is 12.3 Å². The molecule has 3 N–H and O–H groups in total. The Kier molecular flexibility index (Phi) is 6.61. The highest BCUT2D eigenvalue weighted by Crippen LogP contribution is 2.11. The zero-order chi connectivity index (χ0) is 17.5. The molecule has 1 atom stereocenters. The number of urea groups is 1. The summed E-state index contributed by atoms with van der Waals surface area (Å²) in [7, 11) is 0. The van der Waals surface area contributed by atoms with E-state index in [4.69, 9.17) is 17.0 Å². The summed E-state index contributed by atoms with van der Waals surface area (Å²) in [5.41, 5.74) is 0.238. The molecule has 23 heavy (non-hydrogen) atoms. The van der Waals surface area contributed by atoms with Gasteiger partial charge in [-0.05, 0) is 26.3 Å². The molecule has 0 fully saturated rings. The summed E-state index contributed by atoms with van der Waals surface area (Å²) in [6.07, 6.45) is 5.42. The van der Waals surface area contributed by atoms with E-state index in [-0.39, 0.29) is 6.54 Å². The second-order valence-electron chi connectivity index (χ2n) is 6.06. The fourth-order valence-electron chi connectivity index (χ4n) is 1.82. The van der Waals surface area contributed by atoms with E-state index in [1.807, 2.05) is 30.3 Å². The number of terminal acetylenes is 1. The largest absolute Gasteiger partial charge is 0.458 e. The van der Waals surface area contributed by atoms with E-state index in [1.165, 1.54) is 0 Å². The Labute approximate surface area is 137 Å². The van der Waals surface area contributed by atoms with Gasteiger partial charge in [0.15, 0.2) is 0 Å². The van der Waals surface area contributed by atoms with Crippen LogP contribution in [0.3, 0.4) is 0 Å². The standard InChI is InChI=1S/C17H23N3O3/c1-5-11-20(18)16(22)19-14(15(21)23-17(2,3)4)12-13-9-7-6-8-10-13/h1,6-10,14H,11-12,18H2,2-4H3,(H,19,22)/t14-/m0/s1. The van der Waals surface area contributed by atoms with Gasteiger partial charge in [-0.25, -0.2) is 15.4 Å². The molecule has 1 rings (SSSR count). The van der Waals surface area contributed by atoms with Crippen LogP contribution in [0.2, 0.25) is 0 Å². The Morgan fingerprint density at radius 1 is 1.35 bits per heavy atom. The maximum atomic E-state index is 12.3. The van der Waals surface area contributed by atoms with Crippen molar-refractivity contribution in [2.75, 3.05) is 6.54 Å². The van der Waals surface area contributed by atoms with E-state index in [0.29, 0.717) is 6.42 Å². The van der Waals surface area contributed by atoms with Crippen molar-refractivity contribution in [2.24, 2.45) is 5.84 Å². The lowest BCUT2D eigenvalue weighted by Crippen LogP contribution is -2.52. The van der Waals surface area contributed by atoms with Crippen molar-refractivity contribution in [1.29, 1.82) is 0 Å². The van der Waals surface area contributed by atoms with Crippen LogP contribution in [0.25, 0.3) is 0 Å². The number of amides is 2. The van der Waals surface area contributed by atoms with Crippen LogP contribution in [-0.4, -0.2) is 35.2 Å². The van der Waals surface area contributed by atoms with Crippen LogP contribution in [-0.2, 0) is 16.0 Å². The number of hydrogen-bond donors (Lipinski definition) is 2. The third-order valence-electron chi connectivity index (χ3n) is 2.79. The molecule has 0 aliphatic rings. The van der Waals surface area contributed by atoms with Gasteiger partial charge in [0.1, 0.15) is 11.6 Å². The summed E-state index contributed by atoms with van der Waals surface area (Å²) >= 11 is 0. The molecule has 0 bridgehead atoms. The Morgan fingerprint density at radius 3 is 2.48 bits per heavy atom. The number of esters is 1. The minimum Gasteiger partial charge on any atom is -0.458 e. The molecule has 0 aliphatic heterocycles. The average molecular weight is 317 g/mol. The molecule has 124 valence electrons. The molecule has 6 heteroatoms. The minimum atomic E-state index is -0.854. The van der Waals surface area contributed by atoms with Crippen LogP contribution >= 0.6 is 0 Å². The van der Waals surface area contributed by atoms with Crippen molar-refractivity contribution in [2.45, 2.75) is 38.8 Å². The first-order chi connectivity index (χ1) is 10.7. The number of nitrogens with one attached hydrogen (secondary N) is 1. The number of carbonyl (C=O) groups is 2. The molecule has 0 unspecified atom stereocenters. The summed E-state index contributed by atoms with van der Waals surface area (Å²) in [5.74, 6) is 7.26. The Morgan fingerprint density at radius 2 is 1.96 bits per heavy atom. The highest BCUT2D eigenvalue weighted by Gasteiger charge is 2.27. The van der Waals surface area contributed by atoms with Gasteiger partial charge in [-0.2, -0.15) is 0 Å². The third kappa shape index (κ3) is 6.85. The molecular formula is C17H23N3O3. The zero-order valence-electron chi connectivity index (χ0n) is 13.7. The molecule has 1 aromatic rings. The highest BCUT2D eigenvalue weighted by atomic mass is 16.6. The van der Waals surface area contributed by atoms with Crippen molar-refractivity contribution >= 4 is 12.0 Å². The number of hydrogen-bond acceptors (Lipinski definition) is 4. The number of carbonyl (C=O) groups excluding carboxylic acids is 2. The normalized spacial score (nSPS) is 12.0. The molecule has 2 amide bonds. The van der Waals surface area contributed by atoms with Crippen LogP contribution in [0.1, 0.15) is 26.3 Å². The molecule has 1 aromatic carbocycles. The molecule has 0 saturated heterocycles. The molecule has 0 heterocycles. The lowest BCUT2D eigenvalue weighted by molar-refractivity contribution is -0.157. The predicted octanol–water partition coefficient (Wildman–Crippen LogP) is 1.46. The topological polar surface area (TPSA) is 84.7 Å². The summed E-state index contributed by atoms with van der Waals surface area (Å²) in [4.78, 5) is 24.3. The molecule has 0 aliphatic carbocycles. The molecule has 0 radical (unpaired) electrons. The van der Waals surface area contributed by atoms with Crippen molar-refractivity contribution < 1.29 is 14.3 Å². The van der Waals surface area contributed by atoms with Crippen LogP contribution in [0.15, 0.2) is 30.3 Å². The van der Waals surface area contributed by atoms with Gasteiger partial charge in [-0.3, -0.25) is 5.01 Å². The number of rotatable bonds is 5. The van der Waals surface area contributed by atoms with Gasteiger partial charge in [0, 0.05) is 6.42 Å². The maximum Gasteiger partial charge on any atom is 0.333 e. The van der Waals surface area contributed by atoms with E-state index in [2.05, 4.69) is 11.2 Å². The van der Waals surface area contributed by atoms with Gasteiger partial charge in [0.05, 0.1) is 6.54 Å². The summed E-state index contributed by atoms with van der Waals surface area (Å²) in [6, 6.07) is 7.84. The second kappa shape index (κ2) is 8.20. The number of benzene rings is 1. The van der Waals surface area contributed by atoms with Gasteiger partial charge in [0.2, 0.25) is 0 Å². The number of ether oxygens (including phenoxy) is 1. The number of nitrogens with two attached hydrogens (primary N) is 1. The zero-order valence-corrected chi connectivity index (χ0v) is 13.7. The SMILES string of the molecule is C#CCN(N)C(=O)N[C@@H](Cc1ccccc1)C(=O)OC(C)(C)C. The molecule has 6 nitrogen and oxygen atoms in total. The van der Waals surface area contributed by atoms with Crippen molar-refractivity contribution in [3.63, 3.8) is 0 Å². The smallest absolute Gasteiger partial charge is 0.333 e. The monoisotopic (exact) mass is 317 g/mol. The van der Waals surface area contributed by atoms with Gasteiger partial charge >= 0.3 is 12.0 Å². The molecular weight excluding hydrogens is 294 g/mol. The summed E-state index contributed by atoms with van der Waals surface area (Å²) < 4.78 is 5.36. The Balaban J connectivity index is 2.86. The minimum absolute atomic E-state index is 0.0573. The van der Waals surface area contributed by atoms with E-state index < -0.39 is 23.6 Å². The van der Waals surface area contributed by atoms with Gasteiger partial charge in [0.25, 0.3) is 0 Å². The van der Waals surface area contributed by atoms with Gasteiger partial charge in [-0.15, -0.1) is 6.42 Å². The summed E-state index contributed by atoms with van der Waals surface area (Å²) in [5, 5.41) is 3.40. The Bertz CT molecular complexity index is 573. The fourth-order valence-corrected chi connectivity index (χ4v) is 1.82. The van der Waals surface area contributed by atoms with Gasteiger partial charge in [-0.1, -0.05) is 36.3 Å². The lowest BCUT2D eigenvalue weighted by atomic mass is 10.1. The third-order valence-corrected chi connectivity index (χ3v) is 2.79. The van der Waals surface area contributed by atoms with Crippen molar-refractivity contribution in [1.82, 2.24) is 10.3 Å². The molecule has 0 aromatic heterocycles. The first-order valence-corrected chi connectivity index (χ1v) is 7.26.